The van der Waals surface area contributed by atoms with Gasteiger partial charge < -0.3 is 10.1 Å². The molecule has 0 bridgehead atoms. The molecule has 27 heavy (non-hydrogen) atoms. The molecule has 0 amide bonds. The Hall–Kier alpha value is -1.85. The second kappa shape index (κ2) is 7.64. The first kappa shape index (κ1) is 18.5. The maximum Gasteiger partial charge on any atom is 0.184 e. The molecule has 4 nitrogen and oxygen atoms in total. The van der Waals surface area contributed by atoms with Crippen LogP contribution in [0.1, 0.15) is 48.5 Å². The summed E-state index contributed by atoms with van der Waals surface area (Å²) < 4.78 is 20.7. The van der Waals surface area contributed by atoms with Gasteiger partial charge in [-0.15, -0.1) is 0 Å². The van der Waals surface area contributed by atoms with E-state index in [0.717, 1.165) is 24.1 Å². The van der Waals surface area contributed by atoms with Crippen molar-refractivity contribution >= 4 is 17.4 Å². The Kier molecular flexibility index (Phi) is 5.24. The summed E-state index contributed by atoms with van der Waals surface area (Å²) in [6.07, 6.45) is 8.98. The lowest BCUT2D eigenvalue weighted by molar-refractivity contribution is 0.0741. The minimum absolute atomic E-state index is 0.000681. The smallest absolute Gasteiger partial charge is 0.184 e. The van der Waals surface area contributed by atoms with Gasteiger partial charge in [-0.2, -0.15) is 0 Å². The fourth-order valence-corrected chi connectivity index (χ4v) is 4.29. The monoisotopic (exact) mass is 390 g/mol. The Labute approximate surface area is 164 Å². The quantitative estimate of drug-likeness (QED) is 0.838. The normalized spacial score (nSPS) is 21.1. The third-order valence-corrected chi connectivity index (χ3v) is 6.09. The largest absolute Gasteiger partial charge is 0.474 e. The molecule has 0 atom stereocenters. The van der Waals surface area contributed by atoms with Crippen LogP contribution in [-0.4, -0.2) is 36.5 Å². The number of dihydropyridines is 1. The van der Waals surface area contributed by atoms with Gasteiger partial charge in [0.05, 0.1) is 17.1 Å². The molecule has 144 valence electrons. The molecule has 0 spiro atoms. The van der Waals surface area contributed by atoms with Crippen molar-refractivity contribution in [2.45, 2.75) is 45.1 Å². The molecule has 1 saturated carbocycles. The van der Waals surface area contributed by atoms with Gasteiger partial charge >= 0.3 is 0 Å². The number of rotatable bonds is 3. The van der Waals surface area contributed by atoms with Crippen LogP contribution in [0.5, 0.6) is 5.75 Å². The first-order chi connectivity index (χ1) is 13.0. The Morgan fingerprint density at radius 1 is 1.33 bits per heavy atom. The SMILES string of the molecule is CC1=CC=C(Cc2cc3c(c(F)c2Cl)OCN(C2CCCC2)CC3=O)CN1. The second-order valence-corrected chi connectivity index (χ2v) is 8.00. The molecule has 1 aromatic rings. The number of ketones is 1. The topological polar surface area (TPSA) is 41.6 Å². The van der Waals surface area contributed by atoms with E-state index in [1.54, 1.807) is 6.07 Å². The van der Waals surface area contributed by atoms with Gasteiger partial charge in [0.15, 0.2) is 17.3 Å². The van der Waals surface area contributed by atoms with Gasteiger partial charge in [-0.05, 0) is 49.5 Å². The number of Topliss-reactive ketones (excluding diaryl/α,β-unsaturated/α-hetero) is 1. The number of benzene rings is 1. The number of nitrogens with zero attached hydrogens (tertiary/aromatic N) is 1. The van der Waals surface area contributed by atoms with Crippen molar-refractivity contribution in [1.82, 2.24) is 10.2 Å². The Bertz CT molecular complexity index is 828. The molecule has 3 aliphatic rings. The number of carbonyl (C=O) groups excluding carboxylic acids is 1. The van der Waals surface area contributed by atoms with Crippen LogP contribution in [-0.2, 0) is 6.42 Å². The summed E-state index contributed by atoms with van der Waals surface area (Å²) in [6, 6.07) is 2.06. The van der Waals surface area contributed by atoms with Gasteiger partial charge in [0.1, 0.15) is 6.73 Å². The molecule has 2 aliphatic heterocycles. The molecule has 2 heterocycles. The zero-order valence-corrected chi connectivity index (χ0v) is 16.2. The average Bonchev–Trinajstić information content (AvgIpc) is 3.14. The molecule has 1 aromatic carbocycles. The van der Waals surface area contributed by atoms with Crippen LogP contribution in [0, 0.1) is 5.82 Å². The Morgan fingerprint density at radius 2 is 2.11 bits per heavy atom. The lowest BCUT2D eigenvalue weighted by Crippen LogP contribution is -2.38. The van der Waals surface area contributed by atoms with Crippen molar-refractivity contribution in [1.29, 1.82) is 0 Å². The number of ether oxygens (including phenoxy) is 1. The summed E-state index contributed by atoms with van der Waals surface area (Å²) in [5.41, 5.74) is 3.12. The maximum atomic E-state index is 14.9. The molecule has 0 saturated heterocycles. The molecule has 1 N–H and O–H groups in total. The van der Waals surface area contributed by atoms with Crippen LogP contribution >= 0.6 is 11.6 Å². The van der Waals surface area contributed by atoms with E-state index in [9.17, 15) is 9.18 Å². The molecule has 1 fully saturated rings. The Balaban J connectivity index is 1.62. The average molecular weight is 391 g/mol. The van der Waals surface area contributed by atoms with Gasteiger partial charge in [0.2, 0.25) is 0 Å². The van der Waals surface area contributed by atoms with Gasteiger partial charge in [-0.1, -0.05) is 30.5 Å². The van der Waals surface area contributed by atoms with E-state index in [2.05, 4.69) is 5.32 Å². The van der Waals surface area contributed by atoms with Gasteiger partial charge in [-0.3, -0.25) is 9.69 Å². The molecule has 1 aliphatic carbocycles. The van der Waals surface area contributed by atoms with Crippen molar-refractivity contribution in [2.24, 2.45) is 0 Å². The minimum Gasteiger partial charge on any atom is -0.474 e. The van der Waals surface area contributed by atoms with Crippen LogP contribution in [0.3, 0.4) is 0 Å². The van der Waals surface area contributed by atoms with Crippen molar-refractivity contribution in [3.05, 3.63) is 51.5 Å². The minimum atomic E-state index is -0.623. The highest BCUT2D eigenvalue weighted by Gasteiger charge is 2.31. The number of halogens is 2. The van der Waals surface area contributed by atoms with Gasteiger partial charge in [0, 0.05) is 18.3 Å². The highest BCUT2D eigenvalue weighted by Crippen LogP contribution is 2.36. The van der Waals surface area contributed by atoms with Crippen molar-refractivity contribution in [2.75, 3.05) is 19.8 Å². The number of fused-ring (bicyclic) bond motifs is 1. The zero-order chi connectivity index (χ0) is 19.0. The molecular weight excluding hydrogens is 367 g/mol. The third kappa shape index (κ3) is 3.76. The molecule has 0 unspecified atom stereocenters. The third-order valence-electron chi connectivity index (χ3n) is 5.68. The van der Waals surface area contributed by atoms with E-state index in [-0.39, 0.29) is 29.8 Å². The van der Waals surface area contributed by atoms with E-state index in [0.29, 0.717) is 30.1 Å². The summed E-state index contributed by atoms with van der Waals surface area (Å²) in [5.74, 6) is -0.722. The fourth-order valence-electron chi connectivity index (χ4n) is 4.09. The number of hydrogen-bond acceptors (Lipinski definition) is 4. The summed E-state index contributed by atoms with van der Waals surface area (Å²) >= 11 is 6.30. The zero-order valence-electron chi connectivity index (χ0n) is 15.5. The lowest BCUT2D eigenvalue weighted by atomic mass is 9.98. The van der Waals surface area contributed by atoms with Crippen molar-refractivity contribution in [3.63, 3.8) is 0 Å². The van der Waals surface area contributed by atoms with Crippen LogP contribution in [0.2, 0.25) is 5.02 Å². The first-order valence-corrected chi connectivity index (χ1v) is 9.92. The highest BCUT2D eigenvalue weighted by atomic mass is 35.5. The predicted octanol–water partition coefficient (Wildman–Crippen LogP) is 4.23. The second-order valence-electron chi connectivity index (χ2n) is 7.63. The summed E-state index contributed by atoms with van der Waals surface area (Å²) in [7, 11) is 0. The van der Waals surface area contributed by atoms with Crippen LogP contribution in [0.15, 0.2) is 29.5 Å². The van der Waals surface area contributed by atoms with Crippen LogP contribution in [0.25, 0.3) is 0 Å². The molecular formula is C21H24ClFN2O2. The molecule has 0 radical (unpaired) electrons. The first-order valence-electron chi connectivity index (χ1n) is 9.54. The van der Waals surface area contributed by atoms with Crippen LogP contribution < -0.4 is 10.1 Å². The van der Waals surface area contributed by atoms with Crippen molar-refractivity contribution in [3.8, 4) is 5.75 Å². The number of carbonyl (C=O) groups is 1. The molecule has 6 heteroatoms. The summed E-state index contributed by atoms with van der Waals surface area (Å²) in [6.45, 7) is 3.19. The van der Waals surface area contributed by atoms with E-state index < -0.39 is 5.82 Å². The Morgan fingerprint density at radius 3 is 2.81 bits per heavy atom. The maximum absolute atomic E-state index is 14.9. The van der Waals surface area contributed by atoms with Crippen LogP contribution in [0.4, 0.5) is 4.39 Å². The van der Waals surface area contributed by atoms with Crippen molar-refractivity contribution < 1.29 is 13.9 Å². The molecule has 4 rings (SSSR count). The number of hydrogen-bond donors (Lipinski definition) is 1. The number of allylic oxidation sites excluding steroid dienone is 3. The summed E-state index contributed by atoms with van der Waals surface area (Å²) in [5, 5.41) is 3.31. The van der Waals surface area contributed by atoms with Gasteiger partial charge in [0.25, 0.3) is 0 Å². The van der Waals surface area contributed by atoms with E-state index >= 15 is 0 Å². The lowest BCUT2D eigenvalue weighted by Gasteiger charge is -2.25. The molecule has 0 aromatic heterocycles. The summed E-state index contributed by atoms with van der Waals surface area (Å²) in [4.78, 5) is 14.9. The van der Waals surface area contributed by atoms with Gasteiger partial charge in [-0.25, -0.2) is 4.39 Å². The standard InChI is InChI=1S/C21H24ClFN2O2/c1-13-6-7-14(10-24-13)8-15-9-17-18(26)11-25(16-4-2-3-5-16)12-27-21(17)20(23)19(15)22/h6-7,9,16,24H,2-5,8,10-12H2,1H3. The van der Waals surface area contributed by atoms with E-state index in [1.807, 2.05) is 24.0 Å². The fraction of sp³-hybridized carbons (Fsp3) is 0.476. The number of nitrogens with one attached hydrogen (secondary N) is 1. The predicted molar refractivity (Wildman–Crippen MR) is 104 cm³/mol. The van der Waals surface area contributed by atoms with E-state index in [1.165, 1.54) is 12.8 Å². The van der Waals surface area contributed by atoms with E-state index in [4.69, 9.17) is 16.3 Å². The highest BCUT2D eigenvalue weighted by molar-refractivity contribution is 6.32.